The Labute approximate surface area is 99.3 Å². The van der Waals surface area contributed by atoms with Gasteiger partial charge >= 0.3 is 11.8 Å². The zero-order valence-corrected chi connectivity index (χ0v) is 9.45. The van der Waals surface area contributed by atoms with Gasteiger partial charge < -0.3 is 5.32 Å². The van der Waals surface area contributed by atoms with Crippen molar-refractivity contribution in [2.45, 2.75) is 25.7 Å². The molecule has 0 radical (unpaired) electrons. The third kappa shape index (κ3) is 2.45. The van der Waals surface area contributed by atoms with Crippen molar-refractivity contribution in [3.63, 3.8) is 0 Å². The van der Waals surface area contributed by atoms with E-state index in [0.29, 0.717) is 0 Å². The van der Waals surface area contributed by atoms with E-state index in [1.807, 2.05) is 17.6 Å². The topological polar surface area (TPSA) is 84.2 Å². The van der Waals surface area contributed by atoms with Crippen molar-refractivity contribution in [1.82, 2.24) is 5.43 Å². The number of amides is 2. The number of nitrogens with two attached hydrogens (primary N) is 1. The molecule has 17 heavy (non-hydrogen) atoms. The van der Waals surface area contributed by atoms with Gasteiger partial charge in [0.05, 0.1) is 0 Å². The molecule has 0 aromatic heterocycles. The fraction of sp³-hybridized carbons (Fsp3) is 0.333. The number of aryl methyl sites for hydroxylation is 1. The van der Waals surface area contributed by atoms with E-state index >= 15 is 0 Å². The van der Waals surface area contributed by atoms with Crippen LogP contribution in [0.15, 0.2) is 18.2 Å². The normalized spacial score (nSPS) is 13.7. The predicted molar refractivity (Wildman–Crippen MR) is 64.0 cm³/mol. The Morgan fingerprint density at radius 2 is 1.88 bits per heavy atom. The lowest BCUT2D eigenvalue weighted by Crippen LogP contribution is -2.39. The van der Waals surface area contributed by atoms with Crippen molar-refractivity contribution in [3.8, 4) is 0 Å². The molecule has 1 aromatic carbocycles. The van der Waals surface area contributed by atoms with Gasteiger partial charge in [-0.05, 0) is 42.9 Å². The number of carbonyl (C=O) groups excluding carboxylic acids is 2. The summed E-state index contributed by atoms with van der Waals surface area (Å²) < 4.78 is 0. The molecule has 0 bridgehead atoms. The Morgan fingerprint density at radius 1 is 1.12 bits per heavy atom. The lowest BCUT2D eigenvalue weighted by atomic mass is 9.90. The van der Waals surface area contributed by atoms with E-state index in [0.717, 1.165) is 30.5 Å². The van der Waals surface area contributed by atoms with Crippen LogP contribution in [0.2, 0.25) is 0 Å². The summed E-state index contributed by atoms with van der Waals surface area (Å²) in [6.07, 6.45) is 4.26. The van der Waals surface area contributed by atoms with E-state index in [1.165, 1.54) is 12.0 Å². The van der Waals surface area contributed by atoms with E-state index in [9.17, 15) is 9.59 Å². The van der Waals surface area contributed by atoms with Gasteiger partial charge in [0.1, 0.15) is 0 Å². The molecule has 1 aliphatic rings. The number of hydrazine groups is 1. The maximum atomic E-state index is 11.4. The molecule has 1 aliphatic carbocycles. The number of hydrogen-bond donors (Lipinski definition) is 3. The van der Waals surface area contributed by atoms with Crippen LogP contribution in [-0.2, 0) is 22.4 Å². The van der Waals surface area contributed by atoms with E-state index < -0.39 is 11.8 Å². The van der Waals surface area contributed by atoms with Crippen molar-refractivity contribution in [3.05, 3.63) is 29.3 Å². The first-order valence-electron chi connectivity index (χ1n) is 5.65. The summed E-state index contributed by atoms with van der Waals surface area (Å²) in [6.45, 7) is 0. The van der Waals surface area contributed by atoms with Crippen LogP contribution < -0.4 is 16.6 Å². The van der Waals surface area contributed by atoms with Gasteiger partial charge in [-0.3, -0.25) is 15.0 Å². The second-order valence-corrected chi connectivity index (χ2v) is 4.08. The number of rotatable bonds is 1. The van der Waals surface area contributed by atoms with Crippen molar-refractivity contribution in [2.75, 3.05) is 5.32 Å². The highest BCUT2D eigenvalue weighted by Gasteiger charge is 2.17. The van der Waals surface area contributed by atoms with Gasteiger partial charge in [0.2, 0.25) is 0 Å². The number of nitrogens with one attached hydrogen (secondary N) is 2. The highest BCUT2D eigenvalue weighted by Crippen LogP contribution is 2.27. The lowest BCUT2D eigenvalue weighted by molar-refractivity contribution is -0.136. The van der Waals surface area contributed by atoms with Crippen LogP contribution in [-0.4, -0.2) is 11.8 Å². The molecule has 4 N–H and O–H groups in total. The number of anilines is 1. The van der Waals surface area contributed by atoms with Crippen LogP contribution in [0.5, 0.6) is 0 Å². The molecule has 5 nitrogen and oxygen atoms in total. The maximum Gasteiger partial charge on any atom is 0.323 e. The molecule has 0 saturated carbocycles. The van der Waals surface area contributed by atoms with Gasteiger partial charge in [-0.15, -0.1) is 0 Å². The minimum absolute atomic E-state index is 0.718. The average Bonchev–Trinajstić information content (AvgIpc) is 2.38. The molecule has 0 fully saturated rings. The Morgan fingerprint density at radius 3 is 2.65 bits per heavy atom. The monoisotopic (exact) mass is 233 g/mol. The van der Waals surface area contributed by atoms with Crippen LogP contribution in [0.3, 0.4) is 0 Å². The Balaban J connectivity index is 2.21. The standard InChI is InChI=1S/C12H15N3O2/c13-15-12(17)11(16)14-10-7-3-5-8-4-1-2-6-9(8)10/h3,5,7H,1-2,4,6,13H2,(H,14,16)(H,15,17). The lowest BCUT2D eigenvalue weighted by Gasteiger charge is -2.19. The Kier molecular flexibility index (Phi) is 3.39. The third-order valence-corrected chi connectivity index (χ3v) is 2.98. The minimum atomic E-state index is -0.835. The van der Waals surface area contributed by atoms with Crippen molar-refractivity contribution in [1.29, 1.82) is 0 Å². The summed E-state index contributed by atoms with van der Waals surface area (Å²) in [5.41, 5.74) is 4.92. The molecule has 0 saturated heterocycles. The Hall–Kier alpha value is -1.88. The number of benzene rings is 1. The molecule has 2 rings (SSSR count). The van der Waals surface area contributed by atoms with Crippen molar-refractivity contribution < 1.29 is 9.59 Å². The highest BCUT2D eigenvalue weighted by molar-refractivity contribution is 6.39. The van der Waals surface area contributed by atoms with Gasteiger partial charge in [0.25, 0.3) is 0 Å². The first-order chi connectivity index (χ1) is 8.22. The van der Waals surface area contributed by atoms with E-state index in [2.05, 4.69) is 11.4 Å². The van der Waals surface area contributed by atoms with Crippen molar-refractivity contribution >= 4 is 17.5 Å². The number of hydrogen-bond acceptors (Lipinski definition) is 3. The van der Waals surface area contributed by atoms with Crippen LogP contribution in [0.4, 0.5) is 5.69 Å². The molecule has 0 spiro atoms. The molecule has 0 unspecified atom stereocenters. The van der Waals surface area contributed by atoms with Crippen molar-refractivity contribution in [2.24, 2.45) is 5.84 Å². The van der Waals surface area contributed by atoms with Gasteiger partial charge in [-0.2, -0.15) is 0 Å². The highest BCUT2D eigenvalue weighted by atomic mass is 16.2. The molecular weight excluding hydrogens is 218 g/mol. The SMILES string of the molecule is NNC(=O)C(=O)Nc1cccc2c1CCCC2. The zero-order chi connectivity index (χ0) is 12.3. The smallest absolute Gasteiger partial charge is 0.317 e. The second-order valence-electron chi connectivity index (χ2n) is 4.08. The first kappa shape index (κ1) is 11.6. The summed E-state index contributed by atoms with van der Waals surface area (Å²) in [5.74, 6) is 3.34. The molecule has 2 amide bonds. The van der Waals surface area contributed by atoms with Crippen LogP contribution in [0.1, 0.15) is 24.0 Å². The quantitative estimate of drug-likeness (QED) is 0.286. The maximum absolute atomic E-state index is 11.4. The average molecular weight is 233 g/mol. The fourth-order valence-electron chi connectivity index (χ4n) is 2.14. The fourth-order valence-corrected chi connectivity index (χ4v) is 2.14. The van der Waals surface area contributed by atoms with Crippen LogP contribution in [0, 0.1) is 0 Å². The van der Waals surface area contributed by atoms with Crippen LogP contribution in [0.25, 0.3) is 0 Å². The van der Waals surface area contributed by atoms with Gasteiger partial charge in [0.15, 0.2) is 0 Å². The molecule has 0 heterocycles. The van der Waals surface area contributed by atoms with Gasteiger partial charge in [-0.25, -0.2) is 5.84 Å². The van der Waals surface area contributed by atoms with Gasteiger partial charge in [0, 0.05) is 5.69 Å². The second kappa shape index (κ2) is 4.97. The van der Waals surface area contributed by atoms with Gasteiger partial charge in [-0.1, -0.05) is 12.1 Å². The third-order valence-electron chi connectivity index (χ3n) is 2.98. The molecule has 5 heteroatoms. The summed E-state index contributed by atoms with van der Waals surface area (Å²) in [6, 6.07) is 5.76. The molecule has 90 valence electrons. The largest absolute Gasteiger partial charge is 0.323 e. The molecule has 1 aromatic rings. The predicted octanol–water partition coefficient (Wildman–Crippen LogP) is 0.494. The molecule has 0 aliphatic heterocycles. The van der Waals surface area contributed by atoms with Crippen LogP contribution >= 0.6 is 0 Å². The van der Waals surface area contributed by atoms with E-state index in [4.69, 9.17) is 5.84 Å². The summed E-state index contributed by atoms with van der Waals surface area (Å²) in [5, 5.41) is 2.59. The zero-order valence-electron chi connectivity index (χ0n) is 9.45. The van der Waals surface area contributed by atoms with E-state index in [-0.39, 0.29) is 0 Å². The summed E-state index contributed by atoms with van der Waals surface area (Å²) in [7, 11) is 0. The summed E-state index contributed by atoms with van der Waals surface area (Å²) in [4.78, 5) is 22.5. The number of carbonyl (C=O) groups is 2. The first-order valence-corrected chi connectivity index (χ1v) is 5.65. The summed E-state index contributed by atoms with van der Waals surface area (Å²) >= 11 is 0. The van der Waals surface area contributed by atoms with E-state index in [1.54, 1.807) is 0 Å². The Bertz CT molecular complexity index is 457. The molecule has 0 atom stereocenters. The number of fused-ring (bicyclic) bond motifs is 1. The molecular formula is C12H15N3O2. The minimum Gasteiger partial charge on any atom is -0.317 e.